The summed E-state index contributed by atoms with van der Waals surface area (Å²) in [5.41, 5.74) is 2.28. The van der Waals surface area contributed by atoms with E-state index in [0.29, 0.717) is 19.2 Å². The molecule has 0 unspecified atom stereocenters. The van der Waals surface area contributed by atoms with E-state index in [1.165, 1.54) is 11.6 Å². The number of fused-ring (bicyclic) bond motifs is 1. The Morgan fingerprint density at radius 1 is 1.24 bits per heavy atom. The number of ether oxygens (including phenoxy) is 2. The predicted molar refractivity (Wildman–Crippen MR) is 126 cm³/mol. The minimum absolute atomic E-state index is 0.122. The molecule has 1 fully saturated rings. The molecule has 1 amide bonds. The smallest absolute Gasteiger partial charge is 0.293 e. The summed E-state index contributed by atoms with van der Waals surface area (Å²) in [6.45, 7) is 4.68. The van der Waals surface area contributed by atoms with E-state index < -0.39 is 0 Å². The molecule has 3 heterocycles. The number of benzene rings is 1. The Kier molecular flexibility index (Phi) is 6.74. The van der Waals surface area contributed by atoms with Crippen LogP contribution in [0.1, 0.15) is 12.5 Å². The predicted octanol–water partition coefficient (Wildman–Crippen LogP) is 1.60. The number of pyridine rings is 1. The lowest BCUT2D eigenvalue weighted by molar-refractivity contribution is -0.122. The standard InChI is InChI=1S/C23H28N6O4/c1-4-15-13-25-23(29-7-9-32-10-8-29)27-21(15)26-17-5-6-18-16(11-17)12-19(22(31)28(18)3)33-14-20(30)24-2/h5-6,11-13H,4,7-10,14H2,1-3H3,(H,24,30)(H,25,26,27). The van der Waals surface area contributed by atoms with Crippen LogP contribution in [0.4, 0.5) is 17.5 Å². The van der Waals surface area contributed by atoms with Gasteiger partial charge in [-0.3, -0.25) is 9.59 Å². The molecule has 0 atom stereocenters. The zero-order valence-corrected chi connectivity index (χ0v) is 19.1. The highest BCUT2D eigenvalue weighted by atomic mass is 16.5. The van der Waals surface area contributed by atoms with Gasteiger partial charge in [0.2, 0.25) is 5.95 Å². The third kappa shape index (κ3) is 4.90. The van der Waals surface area contributed by atoms with E-state index in [2.05, 4.69) is 27.4 Å². The van der Waals surface area contributed by atoms with Gasteiger partial charge in [-0.25, -0.2) is 4.98 Å². The normalized spacial score (nSPS) is 13.7. The molecular weight excluding hydrogens is 424 g/mol. The van der Waals surface area contributed by atoms with Crippen LogP contribution < -0.4 is 25.8 Å². The molecule has 0 spiro atoms. The molecule has 1 aliphatic heterocycles. The molecule has 1 aliphatic rings. The summed E-state index contributed by atoms with van der Waals surface area (Å²) in [6.07, 6.45) is 2.64. The molecular formula is C23H28N6O4. The maximum absolute atomic E-state index is 12.6. The quantitative estimate of drug-likeness (QED) is 0.556. The molecule has 2 aromatic heterocycles. The van der Waals surface area contributed by atoms with Gasteiger partial charge in [-0.2, -0.15) is 4.98 Å². The number of rotatable bonds is 7. The van der Waals surface area contributed by atoms with Crippen LogP contribution in [0.25, 0.3) is 10.9 Å². The lowest BCUT2D eigenvalue weighted by Gasteiger charge is -2.27. The van der Waals surface area contributed by atoms with Crippen LogP contribution in [0.3, 0.4) is 0 Å². The van der Waals surface area contributed by atoms with Crippen molar-refractivity contribution in [3.8, 4) is 5.75 Å². The van der Waals surface area contributed by atoms with Crippen LogP contribution in [0.15, 0.2) is 35.3 Å². The number of carbonyl (C=O) groups excluding carboxylic acids is 1. The van der Waals surface area contributed by atoms with Crippen LogP contribution in [-0.2, 0) is 23.0 Å². The molecule has 1 saturated heterocycles. The van der Waals surface area contributed by atoms with Crippen molar-refractivity contribution in [3.05, 3.63) is 46.4 Å². The Labute approximate surface area is 191 Å². The highest BCUT2D eigenvalue weighted by molar-refractivity contribution is 5.85. The molecule has 4 rings (SSSR count). The van der Waals surface area contributed by atoms with Crippen molar-refractivity contribution in [3.63, 3.8) is 0 Å². The summed E-state index contributed by atoms with van der Waals surface area (Å²) in [7, 11) is 3.20. The fraction of sp³-hybridized carbons (Fsp3) is 0.391. The number of hydrogen-bond donors (Lipinski definition) is 2. The van der Waals surface area contributed by atoms with Crippen LogP contribution in [0, 0.1) is 0 Å². The number of aryl methyl sites for hydroxylation is 2. The molecule has 1 aromatic carbocycles. The summed E-state index contributed by atoms with van der Waals surface area (Å²) in [5.74, 6) is 1.23. The summed E-state index contributed by atoms with van der Waals surface area (Å²) < 4.78 is 12.4. The lowest BCUT2D eigenvalue weighted by atomic mass is 10.1. The first-order chi connectivity index (χ1) is 16.0. The second-order valence-electron chi connectivity index (χ2n) is 7.73. The van der Waals surface area contributed by atoms with Crippen molar-refractivity contribution >= 4 is 34.3 Å². The van der Waals surface area contributed by atoms with Crippen molar-refractivity contribution in [2.45, 2.75) is 13.3 Å². The third-order valence-corrected chi connectivity index (χ3v) is 5.62. The largest absolute Gasteiger partial charge is 0.478 e. The van der Waals surface area contributed by atoms with Gasteiger partial charge in [-0.1, -0.05) is 6.92 Å². The van der Waals surface area contributed by atoms with Gasteiger partial charge >= 0.3 is 0 Å². The molecule has 0 aliphatic carbocycles. The first kappa shape index (κ1) is 22.5. The monoisotopic (exact) mass is 452 g/mol. The number of aromatic nitrogens is 3. The minimum Gasteiger partial charge on any atom is -0.478 e. The summed E-state index contributed by atoms with van der Waals surface area (Å²) >= 11 is 0. The van der Waals surface area contributed by atoms with Gasteiger partial charge in [0.1, 0.15) is 5.82 Å². The average Bonchev–Trinajstić information content (AvgIpc) is 2.85. The second-order valence-corrected chi connectivity index (χ2v) is 7.73. The molecule has 3 aromatic rings. The maximum Gasteiger partial charge on any atom is 0.293 e. The first-order valence-electron chi connectivity index (χ1n) is 10.9. The van der Waals surface area contributed by atoms with E-state index in [4.69, 9.17) is 14.5 Å². The molecule has 174 valence electrons. The number of morpholine rings is 1. The van der Waals surface area contributed by atoms with Crippen LogP contribution in [-0.4, -0.2) is 60.4 Å². The molecule has 2 N–H and O–H groups in total. The Morgan fingerprint density at radius 2 is 2.03 bits per heavy atom. The molecule has 0 saturated carbocycles. The number of hydrogen-bond acceptors (Lipinski definition) is 8. The molecule has 10 nitrogen and oxygen atoms in total. The fourth-order valence-corrected chi connectivity index (χ4v) is 3.67. The van der Waals surface area contributed by atoms with Crippen molar-refractivity contribution in [2.24, 2.45) is 7.05 Å². The Balaban J connectivity index is 1.65. The van der Waals surface area contributed by atoms with Gasteiger partial charge < -0.3 is 29.6 Å². The van der Waals surface area contributed by atoms with Gasteiger partial charge in [0.15, 0.2) is 12.4 Å². The van der Waals surface area contributed by atoms with Gasteiger partial charge in [0.05, 0.1) is 18.7 Å². The topological polar surface area (TPSA) is 111 Å². The third-order valence-electron chi connectivity index (χ3n) is 5.62. The summed E-state index contributed by atoms with van der Waals surface area (Å²) in [5, 5.41) is 6.68. The van der Waals surface area contributed by atoms with E-state index in [1.54, 1.807) is 13.1 Å². The number of nitrogens with zero attached hydrogens (tertiary/aromatic N) is 4. The van der Waals surface area contributed by atoms with E-state index in [1.807, 2.05) is 24.4 Å². The Hall–Kier alpha value is -3.66. The summed E-state index contributed by atoms with van der Waals surface area (Å²) in [4.78, 5) is 35.5. The fourth-order valence-electron chi connectivity index (χ4n) is 3.67. The number of nitrogens with one attached hydrogen (secondary N) is 2. The van der Waals surface area contributed by atoms with Gasteiger partial charge in [-0.15, -0.1) is 0 Å². The number of carbonyl (C=O) groups is 1. The number of anilines is 3. The van der Waals surface area contributed by atoms with Crippen molar-refractivity contribution in [1.29, 1.82) is 0 Å². The van der Waals surface area contributed by atoms with E-state index in [9.17, 15) is 9.59 Å². The minimum atomic E-state index is -0.306. The van der Waals surface area contributed by atoms with Gasteiger partial charge in [0, 0.05) is 50.0 Å². The summed E-state index contributed by atoms with van der Waals surface area (Å²) in [6, 6.07) is 7.36. The molecule has 0 radical (unpaired) electrons. The Morgan fingerprint density at radius 3 is 2.76 bits per heavy atom. The van der Waals surface area contributed by atoms with E-state index in [-0.39, 0.29) is 23.8 Å². The van der Waals surface area contributed by atoms with E-state index >= 15 is 0 Å². The Bertz CT molecular complexity index is 1220. The number of amides is 1. The van der Waals surface area contributed by atoms with Gasteiger partial charge in [-0.05, 0) is 30.7 Å². The molecule has 10 heteroatoms. The molecule has 0 bridgehead atoms. The maximum atomic E-state index is 12.6. The van der Waals surface area contributed by atoms with E-state index in [0.717, 1.165) is 47.5 Å². The molecule has 33 heavy (non-hydrogen) atoms. The zero-order chi connectivity index (χ0) is 23.4. The SMILES string of the molecule is CCc1cnc(N2CCOCC2)nc1Nc1ccc2c(c1)cc(OCC(=O)NC)c(=O)n2C. The van der Waals surface area contributed by atoms with Crippen LogP contribution in [0.2, 0.25) is 0 Å². The zero-order valence-electron chi connectivity index (χ0n) is 19.1. The van der Waals surface area contributed by atoms with Crippen LogP contribution in [0.5, 0.6) is 5.75 Å². The highest BCUT2D eigenvalue weighted by Gasteiger charge is 2.16. The van der Waals surface area contributed by atoms with Crippen LogP contribution >= 0.6 is 0 Å². The first-order valence-corrected chi connectivity index (χ1v) is 10.9. The highest BCUT2D eigenvalue weighted by Crippen LogP contribution is 2.26. The lowest BCUT2D eigenvalue weighted by Crippen LogP contribution is -2.37. The average molecular weight is 453 g/mol. The second kappa shape index (κ2) is 9.86. The van der Waals surface area contributed by atoms with Crippen molar-refractivity contribution < 1.29 is 14.3 Å². The van der Waals surface area contributed by atoms with Crippen molar-refractivity contribution in [2.75, 3.05) is 50.2 Å². The van der Waals surface area contributed by atoms with Crippen molar-refractivity contribution in [1.82, 2.24) is 19.9 Å². The number of likely N-dealkylation sites (N-methyl/N-ethyl adjacent to an activating group) is 1. The van der Waals surface area contributed by atoms with Gasteiger partial charge in [0.25, 0.3) is 11.5 Å².